The van der Waals surface area contributed by atoms with Crippen LogP contribution in [-0.4, -0.2) is 92.4 Å². The molecule has 2 fully saturated rings. The predicted molar refractivity (Wildman–Crippen MR) is 105 cm³/mol. The van der Waals surface area contributed by atoms with Crippen molar-refractivity contribution in [1.29, 1.82) is 0 Å². The fraction of sp³-hybridized carbons (Fsp3) is 0.667. The number of carboxylic acid groups (broad SMARTS) is 1. The Kier molecular flexibility index (Phi) is 6.43. The molecule has 0 spiro atoms. The number of aliphatic hydroxyl groups is 4. The number of quaternary nitrogens is 1. The molecule has 1 saturated carbocycles. The van der Waals surface area contributed by atoms with E-state index >= 15 is 0 Å². The van der Waals surface area contributed by atoms with E-state index in [1.54, 1.807) is 32.3 Å². The maximum absolute atomic E-state index is 11.6. The highest BCUT2D eigenvalue weighted by molar-refractivity contribution is 5.73. The van der Waals surface area contributed by atoms with Crippen molar-refractivity contribution in [3.8, 4) is 5.75 Å². The number of aliphatic carboxylic acids is 1. The number of benzene rings is 1. The summed E-state index contributed by atoms with van der Waals surface area (Å²) in [7, 11) is 3.46. The molecule has 168 valence electrons. The first kappa shape index (κ1) is 22.9. The van der Waals surface area contributed by atoms with E-state index in [-0.39, 0.29) is 16.2 Å². The molecule has 1 saturated heterocycles. The van der Waals surface area contributed by atoms with Gasteiger partial charge in [-0.1, -0.05) is 25.0 Å². The average molecular weight is 426 g/mol. The number of hydrogen-bond donors (Lipinski definition) is 6. The minimum absolute atomic E-state index is 0.0273. The lowest BCUT2D eigenvalue weighted by molar-refractivity contribution is -0.948. The predicted octanol–water partition coefficient (Wildman–Crippen LogP) is -0.261. The molecule has 1 heterocycles. The molecule has 1 aliphatic carbocycles. The van der Waals surface area contributed by atoms with E-state index in [9.17, 15) is 35.4 Å². The molecule has 0 aromatic heterocycles. The molecule has 3 rings (SSSR count). The van der Waals surface area contributed by atoms with Crippen molar-refractivity contribution < 1.29 is 44.7 Å². The highest BCUT2D eigenvalue weighted by Gasteiger charge is 2.54. The smallest absolute Gasteiger partial charge is 0.335 e. The number of carboxylic acids is 1. The largest absolute Gasteiger partial charge is 0.508 e. The van der Waals surface area contributed by atoms with Crippen LogP contribution < -0.4 is 0 Å². The summed E-state index contributed by atoms with van der Waals surface area (Å²) in [6.45, 7) is 0.322. The van der Waals surface area contributed by atoms with Gasteiger partial charge in [-0.15, -0.1) is 0 Å². The summed E-state index contributed by atoms with van der Waals surface area (Å²) in [6, 6.07) is 6.53. The second kappa shape index (κ2) is 8.41. The van der Waals surface area contributed by atoms with Crippen LogP contribution in [0.2, 0.25) is 0 Å². The van der Waals surface area contributed by atoms with Gasteiger partial charge in [0, 0.05) is 5.92 Å². The number of rotatable bonds is 5. The number of nitrogens with zero attached hydrogens (tertiary/aromatic N) is 1. The third-order valence-electron chi connectivity index (χ3n) is 6.59. The molecule has 6 N–H and O–H groups in total. The summed E-state index contributed by atoms with van der Waals surface area (Å²) >= 11 is 0. The number of carbonyl (C=O) groups is 1. The van der Waals surface area contributed by atoms with Crippen molar-refractivity contribution in [2.24, 2.45) is 5.92 Å². The lowest BCUT2D eigenvalue weighted by atomic mass is 9.71. The molecule has 2 aliphatic rings. The second-order valence-corrected chi connectivity index (χ2v) is 9.14. The summed E-state index contributed by atoms with van der Waals surface area (Å²) in [6.07, 6.45) is -4.75. The molecule has 9 heteroatoms. The van der Waals surface area contributed by atoms with Crippen LogP contribution in [0.5, 0.6) is 5.75 Å². The fourth-order valence-electron chi connectivity index (χ4n) is 4.94. The molecule has 0 radical (unpaired) electrons. The van der Waals surface area contributed by atoms with Crippen molar-refractivity contribution in [3.05, 3.63) is 29.8 Å². The monoisotopic (exact) mass is 426 g/mol. The van der Waals surface area contributed by atoms with E-state index in [0.29, 0.717) is 24.9 Å². The third kappa shape index (κ3) is 4.18. The number of ether oxygens (including phenoxy) is 1. The summed E-state index contributed by atoms with van der Waals surface area (Å²) in [4.78, 5) is 11.5. The third-order valence-corrected chi connectivity index (χ3v) is 6.59. The molecule has 1 aliphatic heterocycles. The normalized spacial score (nSPS) is 37.7. The van der Waals surface area contributed by atoms with Crippen LogP contribution in [-0.2, 0) is 15.1 Å². The first-order valence-corrected chi connectivity index (χ1v) is 10.2. The Hall–Kier alpha value is -1.75. The average Bonchev–Trinajstić information content (AvgIpc) is 2.67. The van der Waals surface area contributed by atoms with Crippen molar-refractivity contribution in [2.45, 2.75) is 61.9 Å². The first-order chi connectivity index (χ1) is 14.0. The van der Waals surface area contributed by atoms with Gasteiger partial charge >= 0.3 is 5.97 Å². The van der Waals surface area contributed by atoms with E-state index in [2.05, 4.69) is 0 Å². The molecule has 0 amide bonds. The van der Waals surface area contributed by atoms with Gasteiger partial charge in [0.1, 0.15) is 18.0 Å². The molecule has 0 bridgehead atoms. The van der Waals surface area contributed by atoms with Crippen molar-refractivity contribution in [2.75, 3.05) is 20.6 Å². The summed E-state index contributed by atoms with van der Waals surface area (Å²) in [5.74, 6) is -1.62. The minimum atomic E-state index is -1.74. The lowest BCUT2D eigenvalue weighted by Crippen LogP contribution is -2.69. The van der Waals surface area contributed by atoms with Gasteiger partial charge in [-0.3, -0.25) is 0 Å². The number of phenols is 1. The Bertz CT molecular complexity index is 771. The van der Waals surface area contributed by atoms with Crippen LogP contribution in [0.25, 0.3) is 0 Å². The number of aliphatic hydroxyl groups excluding tert-OH is 3. The summed E-state index contributed by atoms with van der Waals surface area (Å²) < 4.78 is 5.51. The van der Waals surface area contributed by atoms with Crippen LogP contribution in [0.1, 0.15) is 31.2 Å². The van der Waals surface area contributed by atoms with E-state index < -0.39 is 42.2 Å². The van der Waals surface area contributed by atoms with Crippen molar-refractivity contribution >= 4 is 5.97 Å². The maximum atomic E-state index is 11.6. The molecule has 9 nitrogen and oxygen atoms in total. The van der Waals surface area contributed by atoms with E-state index in [1.165, 1.54) is 6.07 Å². The molecule has 1 aromatic rings. The van der Waals surface area contributed by atoms with Gasteiger partial charge in [0.05, 0.1) is 26.2 Å². The van der Waals surface area contributed by atoms with Crippen LogP contribution >= 0.6 is 0 Å². The van der Waals surface area contributed by atoms with Gasteiger partial charge in [0.25, 0.3) is 0 Å². The molecule has 7 atom stereocenters. The lowest BCUT2D eigenvalue weighted by Gasteiger charge is -2.50. The topological polar surface area (TPSA) is 148 Å². The Morgan fingerprint density at radius 3 is 2.50 bits per heavy atom. The van der Waals surface area contributed by atoms with E-state index in [1.807, 2.05) is 0 Å². The van der Waals surface area contributed by atoms with E-state index in [0.717, 1.165) is 12.8 Å². The SMILES string of the molecule is C[N+](C)(CC1CCCCC1(O)c1cccc(O)c1)C1OC(C(=O)O)C(O)C(O)C1O. The maximum Gasteiger partial charge on any atom is 0.335 e. The molecule has 30 heavy (non-hydrogen) atoms. The Morgan fingerprint density at radius 1 is 1.17 bits per heavy atom. The van der Waals surface area contributed by atoms with Gasteiger partial charge in [0.2, 0.25) is 6.23 Å². The van der Waals surface area contributed by atoms with Gasteiger partial charge in [-0.05, 0) is 30.5 Å². The van der Waals surface area contributed by atoms with Gasteiger partial charge in [-0.2, -0.15) is 0 Å². The molecular formula is C21H32NO8+. The van der Waals surface area contributed by atoms with Crippen LogP contribution in [0, 0.1) is 5.92 Å². The Balaban J connectivity index is 1.87. The quantitative estimate of drug-likeness (QED) is 0.353. The molecule has 1 aromatic carbocycles. The molecular weight excluding hydrogens is 394 g/mol. The minimum Gasteiger partial charge on any atom is -0.508 e. The summed E-state index contributed by atoms with van der Waals surface area (Å²) in [5, 5.41) is 61.4. The van der Waals surface area contributed by atoms with Crippen LogP contribution in [0.15, 0.2) is 24.3 Å². The highest BCUT2D eigenvalue weighted by atomic mass is 16.6. The van der Waals surface area contributed by atoms with Gasteiger partial charge < -0.3 is 39.9 Å². The summed E-state index contributed by atoms with van der Waals surface area (Å²) in [5.41, 5.74) is -0.590. The fourth-order valence-corrected chi connectivity index (χ4v) is 4.94. The number of phenolic OH excluding ortho intramolecular Hbond substituents is 1. The van der Waals surface area contributed by atoms with Crippen LogP contribution in [0.4, 0.5) is 0 Å². The Morgan fingerprint density at radius 2 is 1.87 bits per heavy atom. The van der Waals surface area contributed by atoms with Gasteiger partial charge in [-0.25, -0.2) is 4.79 Å². The van der Waals surface area contributed by atoms with Crippen molar-refractivity contribution in [1.82, 2.24) is 0 Å². The Labute approximate surface area is 175 Å². The second-order valence-electron chi connectivity index (χ2n) is 9.14. The molecule has 7 unspecified atom stereocenters. The first-order valence-electron chi connectivity index (χ1n) is 10.2. The zero-order valence-corrected chi connectivity index (χ0v) is 17.3. The van der Waals surface area contributed by atoms with Crippen molar-refractivity contribution in [3.63, 3.8) is 0 Å². The van der Waals surface area contributed by atoms with Crippen LogP contribution in [0.3, 0.4) is 0 Å². The van der Waals surface area contributed by atoms with E-state index in [4.69, 9.17) is 4.74 Å². The number of likely N-dealkylation sites (N-methyl/N-ethyl adjacent to an activating group) is 1. The number of aromatic hydroxyl groups is 1. The standard InChI is InChI=1S/C21H31NO8/c1-22(2,19-17(26)15(24)16(25)18(30-19)20(27)28)11-13-6-3-4-9-21(13,29)12-7-5-8-14(23)10-12/h5,7-8,10,13,15-19,24-26,29H,3-4,6,9,11H2,1-2H3,(H-,23,27,28)/p+1. The highest BCUT2D eigenvalue weighted by Crippen LogP contribution is 2.44. The zero-order valence-electron chi connectivity index (χ0n) is 17.3. The van der Waals surface area contributed by atoms with Gasteiger partial charge in [0.15, 0.2) is 12.2 Å². The zero-order chi connectivity index (χ0) is 22.3. The number of hydrogen-bond acceptors (Lipinski definition) is 7.